The van der Waals surface area contributed by atoms with Crippen molar-refractivity contribution in [2.45, 2.75) is 12.5 Å². The maximum absolute atomic E-state index is 11.5. The Morgan fingerprint density at radius 1 is 1.61 bits per heavy atom. The van der Waals surface area contributed by atoms with Crippen LogP contribution in [0.5, 0.6) is 0 Å². The van der Waals surface area contributed by atoms with E-state index in [0.717, 1.165) is 0 Å². The molecule has 1 aromatic heterocycles. The van der Waals surface area contributed by atoms with E-state index in [4.69, 9.17) is 5.11 Å². The quantitative estimate of drug-likeness (QED) is 0.436. The molecule has 0 saturated carbocycles. The molecular formula is C13H14IN5O4. The van der Waals surface area contributed by atoms with Gasteiger partial charge in [0.25, 0.3) is 5.69 Å². The largest absolute Gasteiger partial charge is 0.465 e. The molecule has 1 fully saturated rings. The van der Waals surface area contributed by atoms with Gasteiger partial charge < -0.3 is 15.3 Å². The molecule has 0 spiro atoms. The summed E-state index contributed by atoms with van der Waals surface area (Å²) in [4.78, 5) is 23.7. The summed E-state index contributed by atoms with van der Waals surface area (Å²) >= 11 is 2.04. The van der Waals surface area contributed by atoms with Gasteiger partial charge in [-0.2, -0.15) is 5.10 Å². The zero-order valence-corrected chi connectivity index (χ0v) is 14.3. The van der Waals surface area contributed by atoms with Crippen molar-refractivity contribution < 1.29 is 14.8 Å². The number of carbonyl (C=O) groups is 1. The van der Waals surface area contributed by atoms with Crippen molar-refractivity contribution in [1.82, 2.24) is 15.1 Å². The Kier molecular flexibility index (Phi) is 4.00. The minimum atomic E-state index is -1.08. The first-order valence-electron chi connectivity index (χ1n) is 6.91. The molecule has 122 valence electrons. The molecule has 1 saturated heterocycles. The van der Waals surface area contributed by atoms with Gasteiger partial charge in [-0.05, 0) is 29.0 Å². The summed E-state index contributed by atoms with van der Waals surface area (Å²) in [6.07, 6.45) is 1.29. The van der Waals surface area contributed by atoms with E-state index >= 15 is 0 Å². The number of aromatic nitrogens is 2. The standard InChI is InChI=1S/C13H14IN5O4/c1-17-6-8-11(16-17)9(14)4-10(19(22)23)12(8)18-3-2-7(5-18)15-13(20)21/h4,6-7,15H,2-3,5H2,1H3,(H,20,21). The average Bonchev–Trinajstić information content (AvgIpc) is 3.04. The molecule has 2 aromatic rings. The van der Waals surface area contributed by atoms with Crippen molar-refractivity contribution in [3.05, 3.63) is 25.9 Å². The number of nitro benzene ring substituents is 1. The molecule has 0 aliphatic carbocycles. The number of nitrogens with one attached hydrogen (secondary N) is 1. The summed E-state index contributed by atoms with van der Waals surface area (Å²) in [5, 5.41) is 27.8. The van der Waals surface area contributed by atoms with Crippen LogP contribution in [0.15, 0.2) is 12.3 Å². The fourth-order valence-electron chi connectivity index (χ4n) is 2.96. The van der Waals surface area contributed by atoms with Gasteiger partial charge in [-0.3, -0.25) is 14.8 Å². The van der Waals surface area contributed by atoms with Crippen molar-refractivity contribution >= 4 is 51.0 Å². The lowest BCUT2D eigenvalue weighted by Crippen LogP contribution is -2.36. The molecule has 0 radical (unpaired) electrons. The molecule has 1 aromatic carbocycles. The Balaban J connectivity index is 2.09. The van der Waals surface area contributed by atoms with Crippen molar-refractivity contribution in [3.8, 4) is 0 Å². The number of rotatable bonds is 3. The Hall–Kier alpha value is -2.11. The number of hydrogen-bond donors (Lipinski definition) is 2. The zero-order valence-electron chi connectivity index (χ0n) is 12.2. The lowest BCUT2D eigenvalue weighted by molar-refractivity contribution is -0.384. The lowest BCUT2D eigenvalue weighted by atomic mass is 10.1. The second-order valence-corrected chi connectivity index (χ2v) is 6.59. The van der Waals surface area contributed by atoms with Gasteiger partial charge in [-0.15, -0.1) is 0 Å². The number of hydrogen-bond acceptors (Lipinski definition) is 5. The molecular weight excluding hydrogens is 417 g/mol. The molecule has 0 bridgehead atoms. The number of amides is 1. The highest BCUT2D eigenvalue weighted by molar-refractivity contribution is 14.1. The number of carboxylic acid groups (broad SMARTS) is 1. The van der Waals surface area contributed by atoms with Crippen LogP contribution >= 0.6 is 22.6 Å². The van der Waals surface area contributed by atoms with E-state index in [2.05, 4.69) is 10.4 Å². The number of nitro groups is 1. The van der Waals surface area contributed by atoms with E-state index in [1.807, 2.05) is 27.5 Å². The van der Waals surface area contributed by atoms with Gasteiger partial charge in [-0.25, -0.2) is 4.79 Å². The van der Waals surface area contributed by atoms with Crippen LogP contribution in [0.4, 0.5) is 16.2 Å². The van der Waals surface area contributed by atoms with Crippen LogP contribution in [0.2, 0.25) is 0 Å². The SMILES string of the molecule is Cn1cc2c(N3CCC(NC(=O)O)C3)c([N+](=O)[O-])cc(I)c2n1. The predicted octanol–water partition coefficient (Wildman–Crippen LogP) is 1.93. The van der Waals surface area contributed by atoms with Crippen LogP contribution in [0.1, 0.15) is 6.42 Å². The summed E-state index contributed by atoms with van der Waals surface area (Å²) in [5.74, 6) is 0. The van der Waals surface area contributed by atoms with Gasteiger partial charge in [0.2, 0.25) is 0 Å². The number of halogens is 1. The number of anilines is 1. The summed E-state index contributed by atoms with van der Waals surface area (Å²) in [6, 6.07) is 1.28. The van der Waals surface area contributed by atoms with Gasteiger partial charge in [-0.1, -0.05) is 0 Å². The van der Waals surface area contributed by atoms with Crippen LogP contribution < -0.4 is 10.2 Å². The first kappa shape index (κ1) is 15.8. The van der Waals surface area contributed by atoms with E-state index < -0.39 is 11.0 Å². The van der Waals surface area contributed by atoms with Crippen molar-refractivity contribution in [1.29, 1.82) is 0 Å². The highest BCUT2D eigenvalue weighted by Gasteiger charge is 2.31. The molecule has 3 rings (SSSR count). The summed E-state index contributed by atoms with van der Waals surface area (Å²) in [7, 11) is 1.77. The monoisotopic (exact) mass is 431 g/mol. The molecule has 2 heterocycles. The Morgan fingerprint density at radius 2 is 2.35 bits per heavy atom. The first-order valence-corrected chi connectivity index (χ1v) is 7.99. The molecule has 23 heavy (non-hydrogen) atoms. The van der Waals surface area contributed by atoms with Crippen LogP contribution in [-0.4, -0.2) is 45.0 Å². The smallest absolute Gasteiger partial charge is 0.404 e. The van der Waals surface area contributed by atoms with Gasteiger partial charge in [0.05, 0.1) is 16.4 Å². The molecule has 1 aliphatic heterocycles. The fourth-order valence-corrected chi connectivity index (χ4v) is 3.65. The second-order valence-electron chi connectivity index (χ2n) is 5.43. The Morgan fingerprint density at radius 3 is 3.00 bits per heavy atom. The molecule has 2 N–H and O–H groups in total. The maximum atomic E-state index is 11.5. The van der Waals surface area contributed by atoms with E-state index in [9.17, 15) is 14.9 Å². The molecule has 9 nitrogen and oxygen atoms in total. The Bertz CT molecular complexity index is 805. The van der Waals surface area contributed by atoms with Crippen LogP contribution in [0.25, 0.3) is 10.9 Å². The summed E-state index contributed by atoms with van der Waals surface area (Å²) < 4.78 is 2.34. The fraction of sp³-hybridized carbons (Fsp3) is 0.385. The molecule has 10 heteroatoms. The van der Waals surface area contributed by atoms with Crippen LogP contribution in [0.3, 0.4) is 0 Å². The predicted molar refractivity (Wildman–Crippen MR) is 91.9 cm³/mol. The van der Waals surface area contributed by atoms with E-state index in [-0.39, 0.29) is 11.7 Å². The first-order chi connectivity index (χ1) is 10.9. The van der Waals surface area contributed by atoms with E-state index in [1.165, 1.54) is 6.07 Å². The zero-order chi connectivity index (χ0) is 16.7. The molecule has 1 unspecified atom stereocenters. The molecule has 1 amide bonds. The third kappa shape index (κ3) is 2.90. The number of aryl methyl sites for hydroxylation is 1. The van der Waals surface area contributed by atoms with Crippen molar-refractivity contribution in [2.24, 2.45) is 7.05 Å². The minimum absolute atomic E-state index is 0.0193. The maximum Gasteiger partial charge on any atom is 0.404 e. The molecule has 1 aliphatic rings. The van der Waals surface area contributed by atoms with Gasteiger partial charge >= 0.3 is 6.09 Å². The van der Waals surface area contributed by atoms with Crippen molar-refractivity contribution in [3.63, 3.8) is 0 Å². The highest BCUT2D eigenvalue weighted by Crippen LogP contribution is 2.39. The van der Waals surface area contributed by atoms with Crippen LogP contribution in [-0.2, 0) is 7.05 Å². The second kappa shape index (κ2) is 5.83. The highest BCUT2D eigenvalue weighted by atomic mass is 127. The van der Waals surface area contributed by atoms with Crippen LogP contribution in [0, 0.1) is 13.7 Å². The normalized spacial score (nSPS) is 17.7. The summed E-state index contributed by atoms with van der Waals surface area (Å²) in [5.41, 5.74) is 1.24. The van der Waals surface area contributed by atoms with Gasteiger partial charge in [0.1, 0.15) is 11.2 Å². The number of fused-ring (bicyclic) bond motifs is 1. The summed E-state index contributed by atoms with van der Waals surface area (Å²) in [6.45, 7) is 0.952. The third-order valence-corrected chi connectivity index (χ3v) is 4.67. The number of nitrogens with zero attached hydrogens (tertiary/aromatic N) is 4. The number of benzene rings is 1. The lowest BCUT2D eigenvalue weighted by Gasteiger charge is -2.19. The Labute approximate surface area is 144 Å². The van der Waals surface area contributed by atoms with E-state index in [0.29, 0.717) is 39.7 Å². The third-order valence-electron chi connectivity index (χ3n) is 3.84. The minimum Gasteiger partial charge on any atom is -0.465 e. The van der Waals surface area contributed by atoms with E-state index in [1.54, 1.807) is 17.9 Å². The van der Waals surface area contributed by atoms with Gasteiger partial charge in [0.15, 0.2) is 0 Å². The average molecular weight is 431 g/mol. The van der Waals surface area contributed by atoms with Gasteiger partial charge in [0, 0.05) is 36.0 Å². The molecule has 1 atom stereocenters. The van der Waals surface area contributed by atoms with Crippen molar-refractivity contribution in [2.75, 3.05) is 18.0 Å². The topological polar surface area (TPSA) is 114 Å².